The molecule has 0 saturated carbocycles. The van der Waals surface area contributed by atoms with Gasteiger partial charge in [0.05, 0.1) is 5.92 Å². The number of hydrogen-bond acceptors (Lipinski definition) is 4. The molecule has 0 unspecified atom stereocenters. The van der Waals surface area contributed by atoms with Crippen molar-refractivity contribution in [3.05, 3.63) is 65.0 Å². The molecular formula is C23H23ClFNO4. The first kappa shape index (κ1) is 22.0. The third-order valence-corrected chi connectivity index (χ3v) is 5.53. The van der Waals surface area contributed by atoms with Crippen molar-refractivity contribution < 1.29 is 23.5 Å². The third-order valence-electron chi connectivity index (χ3n) is 5.31. The fourth-order valence-corrected chi connectivity index (χ4v) is 3.59. The molecule has 0 spiro atoms. The quantitative estimate of drug-likeness (QED) is 0.374. The third kappa shape index (κ3) is 4.87. The Labute approximate surface area is 179 Å². The summed E-state index contributed by atoms with van der Waals surface area (Å²) in [6.45, 7) is 4.14. The van der Waals surface area contributed by atoms with E-state index in [1.54, 1.807) is 4.90 Å². The number of ketones is 1. The van der Waals surface area contributed by atoms with Gasteiger partial charge in [-0.2, -0.15) is 0 Å². The Morgan fingerprint density at radius 2 is 1.87 bits per heavy atom. The molecule has 3 rings (SSSR count). The van der Waals surface area contributed by atoms with Gasteiger partial charge in [0.1, 0.15) is 5.82 Å². The molecule has 2 atom stereocenters. The Hall–Kier alpha value is -2.73. The lowest BCUT2D eigenvalue weighted by molar-refractivity contribution is -0.151. The smallest absolute Gasteiger partial charge is 0.312 e. The first-order valence-corrected chi connectivity index (χ1v) is 10.3. The number of benzene rings is 2. The van der Waals surface area contributed by atoms with Crippen LogP contribution in [0.1, 0.15) is 34.3 Å². The lowest BCUT2D eigenvalue weighted by Gasteiger charge is -2.20. The number of rotatable bonds is 7. The van der Waals surface area contributed by atoms with Crippen LogP contribution >= 0.6 is 11.6 Å². The highest BCUT2D eigenvalue weighted by Crippen LogP contribution is 2.28. The van der Waals surface area contributed by atoms with Crippen molar-refractivity contribution in [2.75, 3.05) is 17.3 Å². The van der Waals surface area contributed by atoms with Gasteiger partial charge in [-0.1, -0.05) is 6.07 Å². The van der Waals surface area contributed by atoms with E-state index in [4.69, 9.17) is 16.3 Å². The van der Waals surface area contributed by atoms with Crippen LogP contribution in [-0.2, 0) is 14.3 Å². The molecule has 0 radical (unpaired) electrons. The summed E-state index contributed by atoms with van der Waals surface area (Å²) in [7, 11) is 0. The summed E-state index contributed by atoms with van der Waals surface area (Å²) in [5.74, 6) is -2.24. The highest BCUT2D eigenvalue weighted by atomic mass is 35.5. The van der Waals surface area contributed by atoms with E-state index in [-0.39, 0.29) is 36.7 Å². The molecule has 2 aromatic carbocycles. The Balaban J connectivity index is 1.70. The number of amides is 1. The summed E-state index contributed by atoms with van der Waals surface area (Å²) in [6.07, 6.45) is -0.930. The Morgan fingerprint density at radius 1 is 1.17 bits per heavy atom. The van der Waals surface area contributed by atoms with Crippen molar-refractivity contribution >= 4 is 34.9 Å². The van der Waals surface area contributed by atoms with Crippen molar-refractivity contribution in [2.45, 2.75) is 32.8 Å². The number of halogens is 2. The van der Waals surface area contributed by atoms with E-state index in [1.165, 1.54) is 24.3 Å². The van der Waals surface area contributed by atoms with E-state index in [1.807, 2.05) is 32.0 Å². The summed E-state index contributed by atoms with van der Waals surface area (Å²) in [4.78, 5) is 39.4. The number of carbonyl (C=O) groups excluding carboxylic acids is 3. The van der Waals surface area contributed by atoms with Gasteiger partial charge in [0, 0.05) is 36.5 Å². The molecule has 0 aromatic heterocycles. The molecule has 5 nitrogen and oxygen atoms in total. The van der Waals surface area contributed by atoms with Gasteiger partial charge in [-0.25, -0.2) is 4.39 Å². The summed E-state index contributed by atoms with van der Waals surface area (Å²) in [5.41, 5.74) is 3.14. The first-order chi connectivity index (χ1) is 14.3. The van der Waals surface area contributed by atoms with Crippen LogP contribution in [0, 0.1) is 25.6 Å². The second-order valence-corrected chi connectivity index (χ2v) is 7.83. The molecule has 1 aliphatic rings. The van der Waals surface area contributed by atoms with Gasteiger partial charge in [-0.15, -0.1) is 11.6 Å². The average molecular weight is 432 g/mol. The minimum atomic E-state index is -1.08. The Kier molecular flexibility index (Phi) is 6.87. The van der Waals surface area contributed by atoms with Gasteiger partial charge in [-0.05, 0) is 61.4 Å². The minimum absolute atomic E-state index is 0.0179. The second-order valence-electron chi connectivity index (χ2n) is 7.45. The van der Waals surface area contributed by atoms with Gasteiger partial charge in [-0.3, -0.25) is 14.4 Å². The maximum Gasteiger partial charge on any atom is 0.312 e. The SMILES string of the molecule is Cc1ccc(N2C[C@H](C(=O)O[C@H](CCCl)C(=O)c3ccc(F)cc3)CC2=O)cc1C. The van der Waals surface area contributed by atoms with Gasteiger partial charge in [0.2, 0.25) is 11.7 Å². The maximum absolute atomic E-state index is 13.1. The number of alkyl halides is 1. The number of anilines is 1. The largest absolute Gasteiger partial charge is 0.454 e. The van der Waals surface area contributed by atoms with Crippen molar-refractivity contribution in [2.24, 2.45) is 5.92 Å². The number of carbonyl (C=O) groups is 3. The van der Waals surface area contributed by atoms with Crippen LogP contribution in [0.3, 0.4) is 0 Å². The predicted molar refractivity (Wildman–Crippen MR) is 112 cm³/mol. The van der Waals surface area contributed by atoms with Crippen molar-refractivity contribution in [1.82, 2.24) is 0 Å². The van der Waals surface area contributed by atoms with E-state index in [0.29, 0.717) is 0 Å². The van der Waals surface area contributed by atoms with Gasteiger partial charge >= 0.3 is 5.97 Å². The van der Waals surface area contributed by atoms with E-state index in [2.05, 4.69) is 0 Å². The van der Waals surface area contributed by atoms with E-state index in [0.717, 1.165) is 16.8 Å². The molecule has 1 heterocycles. The first-order valence-electron chi connectivity index (χ1n) is 9.74. The van der Waals surface area contributed by atoms with Gasteiger partial charge < -0.3 is 9.64 Å². The van der Waals surface area contributed by atoms with E-state index >= 15 is 0 Å². The van der Waals surface area contributed by atoms with Crippen LogP contribution in [0.2, 0.25) is 0 Å². The lowest BCUT2D eigenvalue weighted by Crippen LogP contribution is -2.32. The highest BCUT2D eigenvalue weighted by molar-refractivity contribution is 6.18. The summed E-state index contributed by atoms with van der Waals surface area (Å²) in [6, 6.07) is 10.7. The van der Waals surface area contributed by atoms with Crippen LogP contribution in [0.4, 0.5) is 10.1 Å². The number of Topliss-reactive ketones (excluding diaryl/α,β-unsaturated/α-hetero) is 1. The molecule has 7 heteroatoms. The zero-order chi connectivity index (χ0) is 21.8. The topological polar surface area (TPSA) is 63.7 Å². The maximum atomic E-state index is 13.1. The number of esters is 1. The molecule has 1 saturated heterocycles. The highest BCUT2D eigenvalue weighted by Gasteiger charge is 2.38. The number of hydrogen-bond donors (Lipinski definition) is 0. The lowest BCUT2D eigenvalue weighted by atomic mass is 10.0. The Morgan fingerprint density at radius 3 is 2.50 bits per heavy atom. The standard InChI is InChI=1S/C23H23ClFNO4/c1-14-3-8-19(11-15(14)2)26-13-17(12-21(26)27)23(29)30-20(9-10-24)22(28)16-4-6-18(25)7-5-16/h3-8,11,17,20H,9-10,12-13H2,1-2H3/t17-,20-/m1/s1. The summed E-state index contributed by atoms with van der Waals surface area (Å²) < 4.78 is 18.6. The van der Waals surface area contributed by atoms with E-state index < -0.39 is 29.6 Å². The average Bonchev–Trinajstić information content (AvgIpc) is 3.11. The van der Waals surface area contributed by atoms with Gasteiger partial charge in [0.15, 0.2) is 6.10 Å². The normalized spacial score (nSPS) is 17.1. The molecule has 1 aliphatic heterocycles. The van der Waals surface area contributed by atoms with Crippen LogP contribution in [-0.4, -0.2) is 36.2 Å². The molecule has 0 N–H and O–H groups in total. The summed E-state index contributed by atoms with van der Waals surface area (Å²) in [5, 5.41) is 0. The van der Waals surface area contributed by atoms with Crippen LogP contribution in [0.15, 0.2) is 42.5 Å². The van der Waals surface area contributed by atoms with Crippen LogP contribution < -0.4 is 4.90 Å². The molecule has 0 bridgehead atoms. The molecule has 1 amide bonds. The Bertz CT molecular complexity index is 960. The number of ether oxygens (including phenoxy) is 1. The van der Waals surface area contributed by atoms with Crippen molar-refractivity contribution in [1.29, 1.82) is 0 Å². The number of nitrogens with zero attached hydrogens (tertiary/aromatic N) is 1. The second kappa shape index (κ2) is 9.39. The van der Waals surface area contributed by atoms with E-state index in [9.17, 15) is 18.8 Å². The van der Waals surface area contributed by atoms with Crippen molar-refractivity contribution in [3.8, 4) is 0 Å². The zero-order valence-electron chi connectivity index (χ0n) is 16.9. The molecule has 30 heavy (non-hydrogen) atoms. The fourth-order valence-electron chi connectivity index (χ4n) is 3.39. The van der Waals surface area contributed by atoms with Crippen LogP contribution in [0.5, 0.6) is 0 Å². The molecule has 0 aliphatic carbocycles. The fraction of sp³-hybridized carbons (Fsp3) is 0.348. The molecule has 158 valence electrons. The molecule has 2 aromatic rings. The van der Waals surface area contributed by atoms with Gasteiger partial charge in [0.25, 0.3) is 0 Å². The van der Waals surface area contributed by atoms with Crippen LogP contribution in [0.25, 0.3) is 0 Å². The van der Waals surface area contributed by atoms with Crippen molar-refractivity contribution in [3.63, 3.8) is 0 Å². The minimum Gasteiger partial charge on any atom is -0.454 e. The monoisotopic (exact) mass is 431 g/mol. The molecular weight excluding hydrogens is 409 g/mol. The predicted octanol–water partition coefficient (Wildman–Crippen LogP) is 4.22. The zero-order valence-corrected chi connectivity index (χ0v) is 17.6. The number of aryl methyl sites for hydroxylation is 2. The molecule has 1 fully saturated rings. The summed E-state index contributed by atoms with van der Waals surface area (Å²) >= 11 is 5.78.